The largest absolute Gasteiger partial charge is 0.384 e. The molecule has 5 heteroatoms. The van der Waals surface area contributed by atoms with Gasteiger partial charge in [0.25, 0.3) is 0 Å². The summed E-state index contributed by atoms with van der Waals surface area (Å²) in [5.74, 6) is 0.0835. The van der Waals surface area contributed by atoms with Crippen LogP contribution < -0.4 is 10.6 Å². The molecule has 0 bridgehead atoms. The number of amidine groups is 1. The van der Waals surface area contributed by atoms with E-state index in [2.05, 4.69) is 23.8 Å². The van der Waals surface area contributed by atoms with E-state index in [-0.39, 0.29) is 5.84 Å². The van der Waals surface area contributed by atoms with Gasteiger partial charge in [-0.1, -0.05) is 12.1 Å². The minimum absolute atomic E-state index is 0.0835. The van der Waals surface area contributed by atoms with E-state index < -0.39 is 0 Å². The molecule has 2 aromatic rings. The lowest BCUT2D eigenvalue weighted by Gasteiger charge is -2.21. The Morgan fingerprint density at radius 1 is 1.35 bits per heavy atom. The van der Waals surface area contributed by atoms with Crippen LogP contribution in [0.5, 0.6) is 0 Å². The van der Waals surface area contributed by atoms with Gasteiger partial charge in [0.05, 0.1) is 12.2 Å². The van der Waals surface area contributed by atoms with Crippen molar-refractivity contribution in [3.63, 3.8) is 0 Å². The van der Waals surface area contributed by atoms with Crippen molar-refractivity contribution in [2.75, 3.05) is 11.9 Å². The van der Waals surface area contributed by atoms with Gasteiger partial charge in [-0.3, -0.25) is 10.1 Å². The number of hydrogen-bond acceptors (Lipinski definition) is 3. The third-order valence-electron chi connectivity index (χ3n) is 3.20. The highest BCUT2D eigenvalue weighted by atomic mass is 15.3. The molecule has 3 N–H and O–H groups in total. The van der Waals surface area contributed by atoms with Gasteiger partial charge in [-0.2, -0.15) is 5.10 Å². The molecular formula is C15H21N5. The molecule has 2 rings (SSSR count). The Hall–Kier alpha value is -2.30. The van der Waals surface area contributed by atoms with Gasteiger partial charge < -0.3 is 10.6 Å². The van der Waals surface area contributed by atoms with Crippen LogP contribution in [0.4, 0.5) is 5.69 Å². The molecule has 0 fully saturated rings. The van der Waals surface area contributed by atoms with E-state index >= 15 is 0 Å². The van der Waals surface area contributed by atoms with Gasteiger partial charge in [0, 0.05) is 30.5 Å². The topological polar surface area (TPSA) is 70.9 Å². The van der Waals surface area contributed by atoms with E-state index in [9.17, 15) is 0 Å². The van der Waals surface area contributed by atoms with E-state index in [0.717, 1.165) is 16.9 Å². The zero-order valence-electron chi connectivity index (χ0n) is 12.2. The van der Waals surface area contributed by atoms with Gasteiger partial charge in [-0.15, -0.1) is 0 Å². The Labute approximate surface area is 119 Å². The summed E-state index contributed by atoms with van der Waals surface area (Å²) in [6.07, 6.45) is 1.99. The van der Waals surface area contributed by atoms with Gasteiger partial charge >= 0.3 is 0 Å². The lowest BCUT2D eigenvalue weighted by atomic mass is 10.1. The first-order valence-electron chi connectivity index (χ1n) is 6.67. The van der Waals surface area contributed by atoms with Crippen LogP contribution >= 0.6 is 0 Å². The quantitative estimate of drug-likeness (QED) is 0.648. The maximum absolute atomic E-state index is 7.64. The lowest BCUT2D eigenvalue weighted by molar-refractivity contribution is 0.526. The van der Waals surface area contributed by atoms with E-state index in [1.807, 2.05) is 48.3 Å². The molecule has 0 saturated heterocycles. The monoisotopic (exact) mass is 271 g/mol. The van der Waals surface area contributed by atoms with Gasteiger partial charge in [-0.25, -0.2) is 0 Å². The average Bonchev–Trinajstić information content (AvgIpc) is 2.87. The summed E-state index contributed by atoms with van der Waals surface area (Å²) in [7, 11) is 1.98. The van der Waals surface area contributed by atoms with Crippen molar-refractivity contribution in [1.82, 2.24) is 9.78 Å². The number of nitrogen functional groups attached to an aromatic ring is 1. The fraction of sp³-hybridized carbons (Fsp3) is 0.333. The van der Waals surface area contributed by atoms with Crippen LogP contribution in [-0.4, -0.2) is 22.7 Å². The predicted octanol–water partition coefficient (Wildman–Crippen LogP) is 2.38. The Balaban J connectivity index is 2.19. The summed E-state index contributed by atoms with van der Waals surface area (Å²) < 4.78 is 1.94. The Morgan fingerprint density at radius 2 is 2.05 bits per heavy atom. The zero-order valence-corrected chi connectivity index (χ0v) is 12.2. The molecule has 20 heavy (non-hydrogen) atoms. The standard InChI is InChI=1S/C15H21N5/c1-11(2)20-9-8-12(18-20)10-19(3)14-7-5-4-6-13(14)15(16)17/h4-9,11H,10H2,1-3H3,(H3,16,17). The number of nitrogens with two attached hydrogens (primary N) is 1. The van der Waals surface area contributed by atoms with E-state index in [1.165, 1.54) is 0 Å². The third-order valence-corrected chi connectivity index (χ3v) is 3.20. The second-order valence-corrected chi connectivity index (χ2v) is 5.17. The molecule has 1 aromatic carbocycles. The summed E-state index contributed by atoms with van der Waals surface area (Å²) in [4.78, 5) is 2.06. The fourth-order valence-electron chi connectivity index (χ4n) is 2.11. The van der Waals surface area contributed by atoms with Crippen molar-refractivity contribution in [2.24, 2.45) is 5.73 Å². The fourth-order valence-corrected chi connectivity index (χ4v) is 2.11. The number of hydrogen-bond donors (Lipinski definition) is 2. The number of nitrogens with one attached hydrogen (secondary N) is 1. The molecule has 0 unspecified atom stereocenters. The lowest BCUT2D eigenvalue weighted by Crippen LogP contribution is -2.22. The SMILES string of the molecule is CC(C)n1ccc(CN(C)c2ccccc2C(=N)N)n1. The Bertz CT molecular complexity index is 600. The summed E-state index contributed by atoms with van der Waals surface area (Å²) in [5, 5.41) is 12.2. The molecule has 0 aliphatic rings. The highest BCUT2D eigenvalue weighted by molar-refractivity contribution is 6.00. The molecule has 0 aliphatic carbocycles. The minimum atomic E-state index is 0.0835. The molecule has 106 valence electrons. The first-order valence-corrected chi connectivity index (χ1v) is 6.67. The molecule has 1 aromatic heterocycles. The maximum Gasteiger partial charge on any atom is 0.124 e. The number of aromatic nitrogens is 2. The van der Waals surface area contributed by atoms with Gasteiger partial charge in [0.15, 0.2) is 0 Å². The maximum atomic E-state index is 7.64. The van der Waals surface area contributed by atoms with E-state index in [4.69, 9.17) is 11.1 Å². The van der Waals surface area contributed by atoms with Crippen molar-refractivity contribution < 1.29 is 0 Å². The van der Waals surface area contributed by atoms with Crippen LogP contribution in [0.25, 0.3) is 0 Å². The van der Waals surface area contributed by atoms with Crippen molar-refractivity contribution in [3.05, 3.63) is 47.8 Å². The molecule has 5 nitrogen and oxygen atoms in total. The van der Waals surface area contributed by atoms with Gasteiger partial charge in [-0.05, 0) is 32.0 Å². The zero-order chi connectivity index (χ0) is 14.7. The van der Waals surface area contributed by atoms with Crippen LogP contribution in [0.15, 0.2) is 36.5 Å². The normalized spacial score (nSPS) is 10.8. The molecule has 0 spiro atoms. The summed E-state index contributed by atoms with van der Waals surface area (Å²) in [6.45, 7) is 4.89. The Morgan fingerprint density at radius 3 is 2.65 bits per heavy atom. The van der Waals surface area contributed by atoms with E-state index in [1.54, 1.807) is 0 Å². The van der Waals surface area contributed by atoms with Gasteiger partial charge in [0.1, 0.15) is 5.84 Å². The van der Waals surface area contributed by atoms with Crippen molar-refractivity contribution in [3.8, 4) is 0 Å². The summed E-state index contributed by atoms with van der Waals surface area (Å²) >= 11 is 0. The second kappa shape index (κ2) is 5.77. The average molecular weight is 271 g/mol. The number of rotatable bonds is 5. The van der Waals surface area contributed by atoms with Crippen LogP contribution in [0.1, 0.15) is 31.1 Å². The Kier molecular flexibility index (Phi) is 4.08. The molecule has 0 aliphatic heterocycles. The first kappa shape index (κ1) is 14.1. The predicted molar refractivity (Wildman–Crippen MR) is 82.2 cm³/mol. The minimum Gasteiger partial charge on any atom is -0.384 e. The molecule has 1 heterocycles. The van der Waals surface area contributed by atoms with Crippen LogP contribution in [0, 0.1) is 5.41 Å². The highest BCUT2D eigenvalue weighted by Gasteiger charge is 2.11. The first-order chi connectivity index (χ1) is 9.49. The van der Waals surface area contributed by atoms with Crippen molar-refractivity contribution >= 4 is 11.5 Å². The van der Waals surface area contributed by atoms with Gasteiger partial charge in [0.2, 0.25) is 0 Å². The van der Waals surface area contributed by atoms with Crippen LogP contribution in [0.2, 0.25) is 0 Å². The summed E-state index contributed by atoms with van der Waals surface area (Å²) in [5.41, 5.74) is 8.32. The van der Waals surface area contributed by atoms with Crippen molar-refractivity contribution in [1.29, 1.82) is 5.41 Å². The number of benzene rings is 1. The summed E-state index contributed by atoms with van der Waals surface area (Å²) in [6, 6.07) is 10.1. The molecule has 0 saturated carbocycles. The second-order valence-electron chi connectivity index (χ2n) is 5.17. The highest BCUT2D eigenvalue weighted by Crippen LogP contribution is 2.20. The number of anilines is 1. The molecule has 0 amide bonds. The van der Waals surface area contributed by atoms with Crippen molar-refractivity contribution in [2.45, 2.75) is 26.4 Å². The number of nitrogens with zero attached hydrogens (tertiary/aromatic N) is 3. The molecule has 0 atom stereocenters. The smallest absolute Gasteiger partial charge is 0.124 e. The molecular weight excluding hydrogens is 250 g/mol. The third kappa shape index (κ3) is 2.99. The van der Waals surface area contributed by atoms with Crippen LogP contribution in [-0.2, 0) is 6.54 Å². The number of para-hydroxylation sites is 1. The van der Waals surface area contributed by atoms with E-state index in [0.29, 0.717) is 12.6 Å². The molecule has 0 radical (unpaired) electrons. The van der Waals surface area contributed by atoms with Crippen LogP contribution in [0.3, 0.4) is 0 Å².